The number of sulfone groups is 1. The highest BCUT2D eigenvalue weighted by Crippen LogP contribution is 2.35. The summed E-state index contributed by atoms with van der Waals surface area (Å²) >= 11 is 6.19. The van der Waals surface area contributed by atoms with Gasteiger partial charge in [-0.05, 0) is 63.9 Å². The number of nitrogens with zero attached hydrogens (tertiary/aromatic N) is 5. The van der Waals surface area contributed by atoms with Crippen LogP contribution >= 0.6 is 11.6 Å². The van der Waals surface area contributed by atoms with Crippen LogP contribution in [0.1, 0.15) is 78.9 Å². The summed E-state index contributed by atoms with van der Waals surface area (Å²) in [5.74, 6) is 0.812. The molecule has 2 amide bonds. The maximum absolute atomic E-state index is 13.2. The Labute approximate surface area is 244 Å². The Hall–Kier alpha value is -3.35. The zero-order valence-corrected chi connectivity index (χ0v) is 24.9. The largest absolute Gasteiger partial charge is 0.372 e. The summed E-state index contributed by atoms with van der Waals surface area (Å²) in [5, 5.41) is 7.17. The molecule has 1 saturated heterocycles. The van der Waals surface area contributed by atoms with Gasteiger partial charge in [0.15, 0.2) is 27.3 Å². The number of pyridine rings is 1. The quantitative estimate of drug-likeness (QED) is 0.414. The van der Waals surface area contributed by atoms with Crippen LogP contribution < -0.4 is 5.32 Å². The Morgan fingerprint density at radius 1 is 1.12 bits per heavy atom. The summed E-state index contributed by atoms with van der Waals surface area (Å²) in [6.45, 7) is 8.57. The topological polar surface area (TPSA) is 136 Å². The average molecular weight is 601 g/mol. The number of carbonyl (C=O) groups excluding carboxylic acids is 2. The number of carbonyl (C=O) groups is 2. The lowest BCUT2D eigenvalue weighted by Gasteiger charge is -2.35. The molecule has 1 aromatic carbocycles. The summed E-state index contributed by atoms with van der Waals surface area (Å²) in [5.41, 5.74) is 0.588. The van der Waals surface area contributed by atoms with Crippen LogP contribution in [0.25, 0.3) is 5.82 Å². The fourth-order valence-electron chi connectivity index (χ4n) is 4.90. The molecule has 3 atom stereocenters. The number of nitrogens with one attached hydrogen (secondary N) is 1. The van der Waals surface area contributed by atoms with Crippen LogP contribution in [0.15, 0.2) is 41.4 Å². The van der Waals surface area contributed by atoms with Gasteiger partial charge in [0.1, 0.15) is 0 Å². The molecule has 1 saturated carbocycles. The minimum atomic E-state index is -3.52. The van der Waals surface area contributed by atoms with Gasteiger partial charge in [-0.1, -0.05) is 18.5 Å². The molecule has 0 bridgehead atoms. The first-order valence-electron chi connectivity index (χ1n) is 13.7. The first kappa shape index (κ1) is 29.2. The summed E-state index contributed by atoms with van der Waals surface area (Å²) < 4.78 is 32.7. The lowest BCUT2D eigenvalue weighted by atomic mass is 10.2. The normalized spacial score (nSPS) is 20.1. The van der Waals surface area contributed by atoms with E-state index >= 15 is 0 Å². The molecule has 1 aliphatic heterocycles. The highest BCUT2D eigenvalue weighted by molar-refractivity contribution is 7.92. The third-order valence-corrected chi connectivity index (χ3v) is 9.53. The molecule has 1 aliphatic carbocycles. The second-order valence-electron chi connectivity index (χ2n) is 10.6. The molecule has 2 aromatic heterocycles. The van der Waals surface area contributed by atoms with E-state index in [0.29, 0.717) is 55.4 Å². The predicted octanol–water partition coefficient (Wildman–Crippen LogP) is 3.55. The number of benzene rings is 1. The molecule has 218 valence electrons. The predicted molar refractivity (Wildman–Crippen MR) is 152 cm³/mol. The van der Waals surface area contributed by atoms with Gasteiger partial charge >= 0.3 is 0 Å². The van der Waals surface area contributed by atoms with E-state index < -0.39 is 27.0 Å². The Bertz CT molecular complexity index is 1560. The van der Waals surface area contributed by atoms with Crippen molar-refractivity contribution in [3.05, 3.63) is 64.3 Å². The van der Waals surface area contributed by atoms with Gasteiger partial charge < -0.3 is 15.0 Å². The maximum Gasteiger partial charge on any atom is 0.255 e. The molecule has 13 heteroatoms. The highest BCUT2D eigenvalue weighted by atomic mass is 35.5. The minimum Gasteiger partial charge on any atom is -0.372 e. The van der Waals surface area contributed by atoms with Crippen molar-refractivity contribution in [3.8, 4) is 5.82 Å². The SMILES string of the molecule is CCc1nc(C(C)NC(=O)c2cc(Cl)cc(S(=O)(=O)C3CC3)c2)n(-c2ccc(C(=O)N3CC(C)OC(C)C3)cn2)n1. The number of morpholine rings is 1. The molecule has 1 N–H and O–H groups in total. The van der Waals surface area contributed by atoms with Gasteiger partial charge in [-0.3, -0.25) is 9.59 Å². The van der Waals surface area contributed by atoms with Gasteiger partial charge in [-0.25, -0.2) is 18.4 Å². The van der Waals surface area contributed by atoms with Crippen molar-refractivity contribution >= 4 is 33.3 Å². The molecule has 3 unspecified atom stereocenters. The van der Waals surface area contributed by atoms with Crippen LogP contribution in [0.5, 0.6) is 0 Å². The smallest absolute Gasteiger partial charge is 0.255 e. The Balaban J connectivity index is 1.36. The fourth-order valence-corrected chi connectivity index (χ4v) is 6.93. The number of aryl methyl sites for hydroxylation is 1. The molecular weight excluding hydrogens is 568 g/mol. The number of halogens is 1. The molecule has 11 nitrogen and oxygen atoms in total. The van der Waals surface area contributed by atoms with E-state index in [1.54, 1.807) is 24.0 Å². The number of hydrogen-bond acceptors (Lipinski definition) is 8. The Morgan fingerprint density at radius 2 is 1.83 bits per heavy atom. The molecule has 0 spiro atoms. The van der Waals surface area contributed by atoms with E-state index in [0.717, 1.165) is 0 Å². The molecular formula is C28H33ClN6O5S. The molecule has 5 rings (SSSR count). The summed E-state index contributed by atoms with van der Waals surface area (Å²) in [7, 11) is -3.52. The van der Waals surface area contributed by atoms with E-state index in [-0.39, 0.29) is 33.6 Å². The van der Waals surface area contributed by atoms with Crippen molar-refractivity contribution in [1.82, 2.24) is 30.0 Å². The van der Waals surface area contributed by atoms with Gasteiger partial charge in [0.05, 0.1) is 34.0 Å². The Kier molecular flexibility index (Phi) is 8.18. The standard InChI is InChI=1S/C28H33ClN6O5S/c1-5-24-32-26(18(4)31-27(36)20-10-21(29)12-23(11-20)41(38,39)22-7-8-22)35(33-24)25-9-6-19(13-30-25)28(37)34-14-16(2)40-17(3)15-34/h6,9-13,16-18,22H,5,7-8,14-15H2,1-4H3,(H,31,36). The van der Waals surface area contributed by atoms with E-state index in [2.05, 4.69) is 20.4 Å². The maximum atomic E-state index is 13.2. The van der Waals surface area contributed by atoms with Crippen molar-refractivity contribution in [2.24, 2.45) is 0 Å². The van der Waals surface area contributed by atoms with Crippen molar-refractivity contribution in [1.29, 1.82) is 0 Å². The molecule has 0 radical (unpaired) electrons. The third-order valence-electron chi connectivity index (χ3n) is 7.07. The van der Waals surface area contributed by atoms with E-state index in [4.69, 9.17) is 16.3 Å². The van der Waals surface area contributed by atoms with Gasteiger partial charge in [0.2, 0.25) is 0 Å². The number of rotatable bonds is 8. The molecule has 3 heterocycles. The highest BCUT2D eigenvalue weighted by Gasteiger charge is 2.37. The molecule has 2 aliphatic rings. The van der Waals surface area contributed by atoms with E-state index in [1.165, 1.54) is 29.1 Å². The van der Waals surface area contributed by atoms with Crippen LogP contribution in [0.4, 0.5) is 0 Å². The molecule has 3 aromatic rings. The van der Waals surface area contributed by atoms with Crippen LogP contribution in [0, 0.1) is 0 Å². The van der Waals surface area contributed by atoms with E-state index in [9.17, 15) is 18.0 Å². The van der Waals surface area contributed by atoms with Crippen molar-refractivity contribution < 1.29 is 22.7 Å². The Morgan fingerprint density at radius 3 is 2.44 bits per heavy atom. The average Bonchev–Trinajstić information content (AvgIpc) is 3.71. The number of amides is 2. The number of ether oxygens (including phenoxy) is 1. The third kappa shape index (κ3) is 6.29. The van der Waals surface area contributed by atoms with Gasteiger partial charge in [0, 0.05) is 36.3 Å². The molecule has 2 fully saturated rings. The monoisotopic (exact) mass is 600 g/mol. The van der Waals surface area contributed by atoms with Crippen LogP contribution in [0.2, 0.25) is 5.02 Å². The van der Waals surface area contributed by atoms with Crippen LogP contribution in [-0.4, -0.2) is 75.4 Å². The first-order chi connectivity index (χ1) is 19.5. The number of hydrogen-bond donors (Lipinski definition) is 1. The van der Waals surface area contributed by atoms with Gasteiger partial charge in [-0.2, -0.15) is 4.68 Å². The van der Waals surface area contributed by atoms with Crippen molar-refractivity contribution in [3.63, 3.8) is 0 Å². The van der Waals surface area contributed by atoms with Crippen molar-refractivity contribution in [2.45, 2.75) is 75.4 Å². The zero-order chi connectivity index (χ0) is 29.5. The summed E-state index contributed by atoms with van der Waals surface area (Å²) in [6.07, 6.45) is 3.20. The molecule has 41 heavy (non-hydrogen) atoms. The zero-order valence-electron chi connectivity index (χ0n) is 23.4. The lowest BCUT2D eigenvalue weighted by molar-refractivity contribution is -0.0586. The summed E-state index contributed by atoms with van der Waals surface area (Å²) in [6, 6.07) is 6.95. The summed E-state index contributed by atoms with van der Waals surface area (Å²) in [4.78, 5) is 37.2. The second kappa shape index (κ2) is 11.5. The van der Waals surface area contributed by atoms with Crippen LogP contribution in [-0.2, 0) is 21.0 Å². The fraction of sp³-hybridized carbons (Fsp3) is 0.464. The number of aromatic nitrogens is 4. The van der Waals surface area contributed by atoms with Crippen LogP contribution in [0.3, 0.4) is 0 Å². The first-order valence-corrected chi connectivity index (χ1v) is 15.6. The lowest BCUT2D eigenvalue weighted by Crippen LogP contribution is -2.48. The second-order valence-corrected chi connectivity index (χ2v) is 13.3. The van der Waals surface area contributed by atoms with Gasteiger partial charge in [-0.15, -0.1) is 5.10 Å². The minimum absolute atomic E-state index is 0.0431. The van der Waals surface area contributed by atoms with Gasteiger partial charge in [0.25, 0.3) is 11.8 Å². The van der Waals surface area contributed by atoms with E-state index in [1.807, 2.05) is 20.8 Å². The van der Waals surface area contributed by atoms with Crippen molar-refractivity contribution in [2.75, 3.05) is 13.1 Å².